The largest absolute Gasteiger partial charge is 0.416 e. The third kappa shape index (κ3) is 4.71. The minimum absolute atomic E-state index is 0. The predicted octanol–water partition coefficient (Wildman–Crippen LogP) is 3.77. The number of nitrogens with one attached hydrogen (secondary N) is 1. The normalized spacial score (nSPS) is 18.4. The smallest absolute Gasteiger partial charge is 0.314 e. The molecule has 1 aliphatic heterocycles. The van der Waals surface area contributed by atoms with Crippen LogP contribution in [0.2, 0.25) is 0 Å². The van der Waals surface area contributed by atoms with Crippen molar-refractivity contribution in [1.29, 1.82) is 0 Å². The van der Waals surface area contributed by atoms with Gasteiger partial charge in [-0.3, -0.25) is 4.90 Å². The van der Waals surface area contributed by atoms with E-state index in [9.17, 15) is 30.7 Å². The summed E-state index contributed by atoms with van der Waals surface area (Å²) in [6.45, 7) is 0.405. The summed E-state index contributed by atoms with van der Waals surface area (Å²) in [7, 11) is 0. The molecule has 1 atom stereocenters. The zero-order chi connectivity index (χ0) is 16.5. The van der Waals surface area contributed by atoms with Gasteiger partial charge in [-0.1, -0.05) is 6.07 Å². The van der Waals surface area contributed by atoms with Gasteiger partial charge in [0.25, 0.3) is 0 Å². The summed E-state index contributed by atoms with van der Waals surface area (Å²) in [6.07, 6.45) is -9.95. The van der Waals surface area contributed by atoms with E-state index in [1.54, 1.807) is 0 Å². The number of nitrogens with zero attached hydrogens (tertiary/aromatic N) is 1. The average molecular weight is 367 g/mol. The first-order valence-corrected chi connectivity index (χ1v) is 6.49. The average Bonchev–Trinajstić information content (AvgIpc) is 2.39. The van der Waals surface area contributed by atoms with Crippen molar-refractivity contribution < 1.29 is 30.7 Å². The van der Waals surface area contributed by atoms with Gasteiger partial charge in [-0.2, -0.15) is 26.3 Å². The van der Waals surface area contributed by atoms with Crippen molar-refractivity contribution in [2.24, 2.45) is 0 Å². The molecule has 0 aromatic heterocycles. The lowest BCUT2D eigenvalue weighted by Crippen LogP contribution is -2.49. The number of benzene rings is 1. The van der Waals surface area contributed by atoms with Crippen LogP contribution in [0.1, 0.15) is 17.2 Å². The predicted molar refractivity (Wildman–Crippen MR) is 71.9 cm³/mol. The van der Waals surface area contributed by atoms with Crippen LogP contribution >= 0.6 is 12.4 Å². The number of rotatable bonds is 2. The van der Waals surface area contributed by atoms with E-state index >= 15 is 0 Å². The highest BCUT2D eigenvalue weighted by Gasteiger charge is 2.48. The number of hydrogen-bond acceptors (Lipinski definition) is 2. The summed E-state index contributed by atoms with van der Waals surface area (Å²) in [5.41, 5.74) is -2.56. The van der Waals surface area contributed by atoms with E-state index in [0.717, 1.165) is 4.90 Å². The molecule has 1 fully saturated rings. The molecular formula is C13H14ClF7N2. The second kappa shape index (κ2) is 7.23. The second-order valence-corrected chi connectivity index (χ2v) is 4.96. The van der Waals surface area contributed by atoms with Crippen LogP contribution in [0.25, 0.3) is 0 Å². The maximum absolute atomic E-state index is 13.3. The summed E-state index contributed by atoms with van der Waals surface area (Å²) in [5, 5.41) is 2.84. The van der Waals surface area contributed by atoms with Gasteiger partial charge in [0.15, 0.2) is 0 Å². The molecule has 0 radical (unpaired) electrons. The molecule has 10 heteroatoms. The van der Waals surface area contributed by atoms with Crippen LogP contribution in [0.15, 0.2) is 18.2 Å². The molecule has 1 aromatic rings. The van der Waals surface area contributed by atoms with Crippen LogP contribution < -0.4 is 5.32 Å². The van der Waals surface area contributed by atoms with Crippen molar-refractivity contribution in [3.8, 4) is 0 Å². The Hall–Kier alpha value is -1.06. The molecule has 0 unspecified atom stereocenters. The Labute approximate surface area is 134 Å². The Morgan fingerprint density at radius 3 is 2.04 bits per heavy atom. The highest BCUT2D eigenvalue weighted by molar-refractivity contribution is 5.85. The molecule has 1 aliphatic rings. The molecule has 0 bridgehead atoms. The molecule has 1 saturated heterocycles. The van der Waals surface area contributed by atoms with E-state index in [0.29, 0.717) is 12.1 Å². The molecule has 0 amide bonds. The van der Waals surface area contributed by atoms with Gasteiger partial charge in [0.05, 0.1) is 5.56 Å². The SMILES string of the molecule is Cl.Fc1ccc([C@H](N2CCNCC2)C(F)(F)F)c(C(F)(F)F)c1. The van der Waals surface area contributed by atoms with Gasteiger partial charge in [-0.05, 0) is 17.7 Å². The summed E-state index contributed by atoms with van der Waals surface area (Å²) in [4.78, 5) is 0.930. The van der Waals surface area contributed by atoms with Crippen LogP contribution in [0.3, 0.4) is 0 Å². The topological polar surface area (TPSA) is 15.3 Å². The zero-order valence-electron chi connectivity index (χ0n) is 11.6. The van der Waals surface area contributed by atoms with Crippen molar-refractivity contribution in [3.05, 3.63) is 35.1 Å². The van der Waals surface area contributed by atoms with Gasteiger partial charge in [-0.25, -0.2) is 4.39 Å². The van der Waals surface area contributed by atoms with Crippen molar-refractivity contribution in [2.45, 2.75) is 18.4 Å². The maximum Gasteiger partial charge on any atom is 0.416 e. The minimum atomic E-state index is -5.06. The van der Waals surface area contributed by atoms with Gasteiger partial charge in [0.1, 0.15) is 11.9 Å². The van der Waals surface area contributed by atoms with Crippen LogP contribution in [0, 0.1) is 5.82 Å². The van der Waals surface area contributed by atoms with Crippen LogP contribution in [0.4, 0.5) is 30.7 Å². The Morgan fingerprint density at radius 2 is 1.57 bits per heavy atom. The molecular weight excluding hydrogens is 353 g/mol. The number of piperazine rings is 1. The monoisotopic (exact) mass is 366 g/mol. The summed E-state index contributed by atoms with van der Waals surface area (Å²) >= 11 is 0. The highest BCUT2D eigenvalue weighted by atomic mass is 35.5. The lowest BCUT2D eigenvalue weighted by molar-refractivity contribution is -0.190. The quantitative estimate of drug-likeness (QED) is 0.802. The van der Waals surface area contributed by atoms with Gasteiger partial charge in [0, 0.05) is 26.2 Å². The van der Waals surface area contributed by atoms with E-state index in [1.165, 1.54) is 0 Å². The second-order valence-electron chi connectivity index (χ2n) is 4.96. The third-order valence-corrected chi connectivity index (χ3v) is 3.44. The van der Waals surface area contributed by atoms with Crippen molar-refractivity contribution in [1.82, 2.24) is 10.2 Å². The summed E-state index contributed by atoms with van der Waals surface area (Å²) in [6, 6.07) is -1.12. The lowest BCUT2D eigenvalue weighted by Gasteiger charge is -2.37. The fourth-order valence-electron chi connectivity index (χ4n) is 2.53. The van der Waals surface area contributed by atoms with E-state index in [2.05, 4.69) is 5.32 Å². The molecule has 1 heterocycles. The molecule has 1 aromatic carbocycles. The Kier molecular flexibility index (Phi) is 6.28. The highest BCUT2D eigenvalue weighted by Crippen LogP contribution is 2.43. The van der Waals surface area contributed by atoms with Crippen LogP contribution in [-0.4, -0.2) is 37.3 Å². The molecule has 132 valence electrons. The summed E-state index contributed by atoms with van der Waals surface area (Å²) in [5.74, 6) is -1.22. The van der Waals surface area contributed by atoms with Crippen molar-refractivity contribution in [2.75, 3.05) is 26.2 Å². The summed E-state index contributed by atoms with van der Waals surface area (Å²) < 4.78 is 92.0. The van der Waals surface area contributed by atoms with E-state index in [1.807, 2.05) is 0 Å². The molecule has 2 nitrogen and oxygen atoms in total. The lowest BCUT2D eigenvalue weighted by atomic mass is 9.97. The van der Waals surface area contributed by atoms with Gasteiger partial charge < -0.3 is 5.32 Å². The zero-order valence-corrected chi connectivity index (χ0v) is 12.5. The fourth-order valence-corrected chi connectivity index (χ4v) is 2.53. The minimum Gasteiger partial charge on any atom is -0.314 e. The van der Waals surface area contributed by atoms with E-state index < -0.39 is 35.3 Å². The molecule has 23 heavy (non-hydrogen) atoms. The first-order valence-electron chi connectivity index (χ1n) is 6.49. The molecule has 0 aliphatic carbocycles. The Morgan fingerprint density at radius 1 is 1.00 bits per heavy atom. The number of halogens is 8. The van der Waals surface area contributed by atoms with Crippen LogP contribution in [-0.2, 0) is 6.18 Å². The first-order chi connectivity index (χ1) is 10.1. The Balaban J connectivity index is 0.00000264. The molecule has 0 saturated carbocycles. The number of hydrogen-bond donors (Lipinski definition) is 1. The van der Waals surface area contributed by atoms with Gasteiger partial charge in [-0.15, -0.1) is 12.4 Å². The van der Waals surface area contributed by atoms with E-state index in [-0.39, 0.29) is 44.7 Å². The first kappa shape index (κ1) is 20.0. The fraction of sp³-hybridized carbons (Fsp3) is 0.538. The van der Waals surface area contributed by atoms with Crippen molar-refractivity contribution in [3.63, 3.8) is 0 Å². The number of alkyl halides is 6. The van der Waals surface area contributed by atoms with Crippen LogP contribution in [0.5, 0.6) is 0 Å². The Bertz CT molecular complexity index is 524. The van der Waals surface area contributed by atoms with E-state index in [4.69, 9.17) is 0 Å². The maximum atomic E-state index is 13.3. The molecule has 0 spiro atoms. The van der Waals surface area contributed by atoms with Crippen molar-refractivity contribution >= 4 is 12.4 Å². The van der Waals surface area contributed by atoms with Gasteiger partial charge >= 0.3 is 12.4 Å². The van der Waals surface area contributed by atoms with Gasteiger partial charge in [0.2, 0.25) is 0 Å². The standard InChI is InChI=1S/C13H13F7N2.ClH/c14-8-1-2-9(10(7-8)12(15,16)17)11(13(18,19)20)22-5-3-21-4-6-22;/h1-2,7,11,21H,3-6H2;1H/t11-;/m0./s1. The third-order valence-electron chi connectivity index (χ3n) is 3.44. The molecule has 2 rings (SSSR count). The molecule has 1 N–H and O–H groups in total.